The molecular weight excluding hydrogens is 414 g/mol. The van der Waals surface area contributed by atoms with Crippen molar-refractivity contribution in [3.8, 4) is 0 Å². The van der Waals surface area contributed by atoms with Crippen LogP contribution in [-0.4, -0.2) is 40.4 Å². The van der Waals surface area contributed by atoms with Crippen molar-refractivity contribution in [2.24, 2.45) is 5.10 Å². The third-order valence-electron chi connectivity index (χ3n) is 4.93. The van der Waals surface area contributed by atoms with E-state index in [2.05, 4.69) is 10.1 Å². The van der Waals surface area contributed by atoms with Crippen molar-refractivity contribution in [3.63, 3.8) is 0 Å². The maximum Gasteiger partial charge on any atom is 0.341 e. The van der Waals surface area contributed by atoms with Gasteiger partial charge in [-0.25, -0.2) is 14.8 Å². The van der Waals surface area contributed by atoms with E-state index in [4.69, 9.17) is 9.15 Å². The number of carbonyl (C=O) groups is 2. The monoisotopic (exact) mass is 435 g/mol. The van der Waals surface area contributed by atoms with Crippen molar-refractivity contribution >= 4 is 29.4 Å². The molecule has 0 fully saturated rings. The van der Waals surface area contributed by atoms with Gasteiger partial charge in [0.2, 0.25) is 0 Å². The molecule has 2 aromatic heterocycles. The first-order chi connectivity index (χ1) is 15.1. The molecule has 4 rings (SSSR count). The number of furan rings is 1. The molecule has 3 heterocycles. The Kier molecular flexibility index (Phi) is 6.18. The summed E-state index contributed by atoms with van der Waals surface area (Å²) in [5.74, 6) is -0.392. The predicted molar refractivity (Wildman–Crippen MR) is 117 cm³/mol. The van der Waals surface area contributed by atoms with Crippen molar-refractivity contribution in [3.05, 3.63) is 83.4 Å². The lowest BCUT2D eigenvalue weighted by Crippen LogP contribution is -2.31. The molecule has 0 saturated heterocycles. The molecule has 1 aromatic carbocycles. The number of ether oxygens (including phenoxy) is 1. The summed E-state index contributed by atoms with van der Waals surface area (Å²) in [5, 5.41) is 6.44. The van der Waals surface area contributed by atoms with E-state index in [1.165, 1.54) is 16.8 Å². The van der Waals surface area contributed by atoms with Gasteiger partial charge in [0.25, 0.3) is 5.91 Å². The molecule has 0 spiro atoms. The van der Waals surface area contributed by atoms with Crippen LogP contribution in [0.15, 0.2) is 75.5 Å². The van der Waals surface area contributed by atoms with Crippen LogP contribution in [0, 0.1) is 6.92 Å². The van der Waals surface area contributed by atoms with Gasteiger partial charge in [0.05, 0.1) is 17.5 Å². The van der Waals surface area contributed by atoms with Gasteiger partial charge in [-0.05, 0) is 43.0 Å². The molecule has 31 heavy (non-hydrogen) atoms. The molecule has 3 aromatic rings. The molecule has 1 aliphatic heterocycles. The number of hydrazone groups is 1. The Bertz CT molecular complexity index is 1110. The first-order valence-electron chi connectivity index (χ1n) is 9.73. The van der Waals surface area contributed by atoms with Gasteiger partial charge < -0.3 is 9.15 Å². The Labute approximate surface area is 184 Å². The first-order valence-corrected chi connectivity index (χ1v) is 11.0. The van der Waals surface area contributed by atoms with E-state index in [9.17, 15) is 9.59 Å². The highest BCUT2D eigenvalue weighted by atomic mass is 32.2. The number of thioether (sulfide) groups is 1. The number of hydrogen-bond donors (Lipinski definition) is 0. The normalized spacial score (nSPS) is 15.6. The van der Waals surface area contributed by atoms with Gasteiger partial charge >= 0.3 is 5.97 Å². The Hall–Kier alpha value is -3.39. The van der Waals surface area contributed by atoms with Crippen molar-refractivity contribution in [2.75, 3.05) is 12.9 Å². The first kappa shape index (κ1) is 20.9. The second kappa shape index (κ2) is 9.18. The SMILES string of the molecule is CSc1ncccc1C(=O)OCC(=O)N1N=C(c2ccc(C)cc2)CC1c1ccco1. The van der Waals surface area contributed by atoms with Crippen LogP contribution >= 0.6 is 11.8 Å². The van der Waals surface area contributed by atoms with Crippen molar-refractivity contribution in [1.82, 2.24) is 9.99 Å². The number of benzene rings is 1. The lowest BCUT2D eigenvalue weighted by atomic mass is 10.0. The summed E-state index contributed by atoms with van der Waals surface area (Å²) in [6.45, 7) is 1.59. The molecule has 0 radical (unpaired) electrons. The molecule has 158 valence electrons. The van der Waals surface area contributed by atoms with Crippen molar-refractivity contribution in [2.45, 2.75) is 24.4 Å². The zero-order chi connectivity index (χ0) is 21.8. The van der Waals surface area contributed by atoms with Gasteiger partial charge in [0.15, 0.2) is 6.61 Å². The molecular formula is C23H21N3O4S. The second-order valence-electron chi connectivity index (χ2n) is 7.02. The quantitative estimate of drug-likeness (QED) is 0.425. The molecule has 1 atom stereocenters. The van der Waals surface area contributed by atoms with Crippen molar-refractivity contribution in [1.29, 1.82) is 0 Å². The third-order valence-corrected chi connectivity index (χ3v) is 5.65. The van der Waals surface area contributed by atoms with Crippen LogP contribution in [0.5, 0.6) is 0 Å². The third kappa shape index (κ3) is 4.54. The van der Waals surface area contributed by atoms with E-state index in [-0.39, 0.29) is 0 Å². The number of amides is 1. The molecule has 1 unspecified atom stereocenters. The van der Waals surface area contributed by atoms with Crippen LogP contribution in [0.4, 0.5) is 0 Å². The molecule has 0 aliphatic carbocycles. The summed E-state index contributed by atoms with van der Waals surface area (Å²) >= 11 is 1.34. The maximum absolute atomic E-state index is 13.0. The van der Waals surface area contributed by atoms with E-state index in [1.807, 2.05) is 43.5 Å². The molecule has 0 bridgehead atoms. The van der Waals surface area contributed by atoms with Crippen LogP contribution in [0.2, 0.25) is 0 Å². The van der Waals surface area contributed by atoms with Gasteiger partial charge in [0, 0.05) is 12.6 Å². The minimum Gasteiger partial charge on any atom is -0.467 e. The van der Waals surface area contributed by atoms with E-state index in [0.717, 1.165) is 16.8 Å². The predicted octanol–water partition coefficient (Wildman–Crippen LogP) is 4.24. The number of nitrogens with zero attached hydrogens (tertiary/aromatic N) is 3. The topological polar surface area (TPSA) is 85.0 Å². The van der Waals surface area contributed by atoms with Crippen LogP contribution in [0.25, 0.3) is 0 Å². The van der Waals surface area contributed by atoms with Crippen LogP contribution in [0.3, 0.4) is 0 Å². The van der Waals surface area contributed by atoms with Crippen LogP contribution < -0.4 is 0 Å². The summed E-state index contributed by atoms with van der Waals surface area (Å²) in [7, 11) is 0. The zero-order valence-electron chi connectivity index (χ0n) is 17.1. The van der Waals surface area contributed by atoms with E-state index in [0.29, 0.717) is 22.8 Å². The Morgan fingerprint density at radius 2 is 2.00 bits per heavy atom. The average Bonchev–Trinajstić information content (AvgIpc) is 3.47. The van der Waals surface area contributed by atoms with Gasteiger partial charge in [-0.2, -0.15) is 5.10 Å². The smallest absolute Gasteiger partial charge is 0.341 e. The molecule has 0 saturated carbocycles. The standard InChI is InChI=1S/C23H21N3O4S/c1-15-7-9-16(10-8-15)18-13-19(20-6-4-12-29-20)26(25-18)21(27)14-30-23(28)17-5-3-11-24-22(17)31-2/h3-12,19H,13-14H2,1-2H3. The highest BCUT2D eigenvalue weighted by Gasteiger charge is 2.35. The summed E-state index contributed by atoms with van der Waals surface area (Å²) in [5.41, 5.74) is 3.19. The van der Waals surface area contributed by atoms with E-state index < -0.39 is 24.5 Å². The Morgan fingerprint density at radius 3 is 2.71 bits per heavy atom. The molecule has 1 amide bonds. The minimum atomic E-state index is -0.595. The maximum atomic E-state index is 13.0. The minimum absolute atomic E-state index is 0.329. The van der Waals surface area contributed by atoms with Gasteiger partial charge in [-0.1, -0.05) is 29.8 Å². The number of pyridine rings is 1. The van der Waals surface area contributed by atoms with E-state index >= 15 is 0 Å². The summed E-state index contributed by atoms with van der Waals surface area (Å²) in [6, 6.07) is 14.4. The second-order valence-corrected chi connectivity index (χ2v) is 7.82. The zero-order valence-corrected chi connectivity index (χ0v) is 18.0. The van der Waals surface area contributed by atoms with Crippen LogP contribution in [0.1, 0.15) is 39.7 Å². The highest BCUT2D eigenvalue weighted by molar-refractivity contribution is 7.98. The largest absolute Gasteiger partial charge is 0.467 e. The lowest BCUT2D eigenvalue weighted by Gasteiger charge is -2.19. The lowest BCUT2D eigenvalue weighted by molar-refractivity contribution is -0.136. The van der Waals surface area contributed by atoms with Gasteiger partial charge in [0.1, 0.15) is 16.8 Å². The Balaban J connectivity index is 1.52. The highest BCUT2D eigenvalue weighted by Crippen LogP contribution is 2.33. The molecule has 0 N–H and O–H groups in total. The number of esters is 1. The number of hydrogen-bond acceptors (Lipinski definition) is 7. The Morgan fingerprint density at radius 1 is 1.19 bits per heavy atom. The summed E-state index contributed by atoms with van der Waals surface area (Å²) in [4.78, 5) is 29.6. The molecule has 8 heteroatoms. The fraction of sp³-hybridized carbons (Fsp3) is 0.217. The summed E-state index contributed by atoms with van der Waals surface area (Å²) in [6.07, 6.45) is 5.50. The molecule has 7 nitrogen and oxygen atoms in total. The van der Waals surface area contributed by atoms with Crippen LogP contribution in [-0.2, 0) is 9.53 Å². The van der Waals surface area contributed by atoms with Gasteiger partial charge in [-0.3, -0.25) is 4.79 Å². The molecule has 1 aliphatic rings. The number of carbonyl (C=O) groups excluding carboxylic acids is 2. The number of aryl methyl sites for hydroxylation is 1. The fourth-order valence-corrected chi connectivity index (χ4v) is 3.88. The number of rotatable bonds is 6. The van der Waals surface area contributed by atoms with Gasteiger partial charge in [-0.15, -0.1) is 11.8 Å². The number of aromatic nitrogens is 1. The van der Waals surface area contributed by atoms with E-state index in [1.54, 1.807) is 30.7 Å². The van der Waals surface area contributed by atoms with Crippen molar-refractivity contribution < 1.29 is 18.7 Å². The fourth-order valence-electron chi connectivity index (χ4n) is 3.34. The summed E-state index contributed by atoms with van der Waals surface area (Å²) < 4.78 is 10.8. The average molecular weight is 436 g/mol.